The Bertz CT molecular complexity index is 496. The second-order valence-electron chi connectivity index (χ2n) is 4.85. The van der Waals surface area contributed by atoms with Gasteiger partial charge in [0.25, 0.3) is 0 Å². The maximum absolute atomic E-state index is 5.55. The van der Waals surface area contributed by atoms with Gasteiger partial charge in [0.05, 0.1) is 11.5 Å². The molecule has 0 fully saturated rings. The van der Waals surface area contributed by atoms with Gasteiger partial charge in [0.15, 0.2) is 5.13 Å². The van der Waals surface area contributed by atoms with Gasteiger partial charge in [-0.2, -0.15) is 4.98 Å². The molecular formula is C15H20N2OS. The van der Waals surface area contributed by atoms with Crippen LogP contribution in [-0.2, 0) is 0 Å². The molecule has 0 saturated carbocycles. The van der Waals surface area contributed by atoms with Crippen LogP contribution in [0, 0.1) is 0 Å². The van der Waals surface area contributed by atoms with Crippen molar-refractivity contribution < 1.29 is 4.74 Å². The van der Waals surface area contributed by atoms with E-state index in [4.69, 9.17) is 4.74 Å². The number of aromatic nitrogens is 1. The fourth-order valence-electron chi connectivity index (χ4n) is 1.78. The number of nitrogens with zero attached hydrogens (tertiary/aromatic N) is 1. The third-order valence-electron chi connectivity index (χ3n) is 2.77. The summed E-state index contributed by atoms with van der Waals surface area (Å²) < 4.78 is 5.55. The molecule has 2 aromatic rings. The highest BCUT2D eigenvalue weighted by molar-refractivity contribution is 7.13. The van der Waals surface area contributed by atoms with Crippen LogP contribution in [0.4, 0.5) is 5.13 Å². The van der Waals surface area contributed by atoms with Crippen molar-refractivity contribution in [1.29, 1.82) is 0 Å². The Hall–Kier alpha value is -1.55. The van der Waals surface area contributed by atoms with Crippen molar-refractivity contribution in [1.82, 2.24) is 4.98 Å². The molecule has 0 amide bonds. The van der Waals surface area contributed by atoms with Crippen molar-refractivity contribution in [2.24, 2.45) is 0 Å². The van der Waals surface area contributed by atoms with E-state index in [9.17, 15) is 0 Å². The molecule has 0 bridgehead atoms. The van der Waals surface area contributed by atoms with Gasteiger partial charge in [0.1, 0.15) is 0 Å². The molecule has 0 aliphatic heterocycles. The second kappa shape index (κ2) is 6.57. The molecule has 1 aromatic heterocycles. The molecule has 0 saturated heterocycles. The largest absolute Gasteiger partial charge is 0.474 e. The van der Waals surface area contributed by atoms with Crippen molar-refractivity contribution in [2.45, 2.75) is 32.8 Å². The van der Waals surface area contributed by atoms with Gasteiger partial charge in [0, 0.05) is 6.54 Å². The molecule has 1 heterocycles. The van der Waals surface area contributed by atoms with E-state index in [1.807, 2.05) is 25.3 Å². The van der Waals surface area contributed by atoms with Gasteiger partial charge >= 0.3 is 0 Å². The molecule has 1 aromatic carbocycles. The smallest absolute Gasteiger partial charge is 0.226 e. The predicted molar refractivity (Wildman–Crippen MR) is 81.2 cm³/mol. The van der Waals surface area contributed by atoms with Gasteiger partial charge in [-0.05, 0) is 25.3 Å². The molecule has 19 heavy (non-hydrogen) atoms. The Balaban J connectivity index is 1.87. The summed E-state index contributed by atoms with van der Waals surface area (Å²) >= 11 is 1.58. The zero-order chi connectivity index (χ0) is 13.7. The lowest BCUT2D eigenvalue weighted by molar-refractivity contribution is 0.234. The lowest BCUT2D eigenvalue weighted by atomic mass is 10.0. The molecule has 3 nitrogen and oxygen atoms in total. The van der Waals surface area contributed by atoms with E-state index >= 15 is 0 Å². The highest BCUT2D eigenvalue weighted by Crippen LogP contribution is 2.23. The molecule has 2 rings (SSSR count). The zero-order valence-electron chi connectivity index (χ0n) is 11.6. The number of benzene rings is 1. The summed E-state index contributed by atoms with van der Waals surface area (Å²) in [4.78, 5) is 4.40. The fraction of sp³-hybridized carbons (Fsp3) is 0.400. The van der Waals surface area contributed by atoms with Crippen LogP contribution in [0.5, 0.6) is 5.88 Å². The average Bonchev–Trinajstić information content (AvgIpc) is 2.84. The van der Waals surface area contributed by atoms with Crippen LogP contribution in [0.15, 0.2) is 35.7 Å². The minimum Gasteiger partial charge on any atom is -0.474 e. The lowest BCUT2D eigenvalue weighted by Crippen LogP contribution is -2.10. The van der Waals surface area contributed by atoms with Gasteiger partial charge in [0.2, 0.25) is 5.88 Å². The summed E-state index contributed by atoms with van der Waals surface area (Å²) in [6.07, 6.45) is 0.165. The standard InChI is InChI=1S/C15H20N2OS/c1-11(2)18-14-10-19-15(17-14)16-9-12(3)13-7-5-4-6-8-13/h4-8,10-12H,9H2,1-3H3,(H,16,17). The van der Waals surface area contributed by atoms with Crippen molar-refractivity contribution >= 4 is 16.5 Å². The first-order valence-electron chi connectivity index (χ1n) is 6.56. The number of ether oxygens (including phenoxy) is 1. The Morgan fingerprint density at radius 1 is 1.21 bits per heavy atom. The first-order valence-corrected chi connectivity index (χ1v) is 7.44. The van der Waals surface area contributed by atoms with Crippen molar-refractivity contribution in [2.75, 3.05) is 11.9 Å². The normalized spacial score (nSPS) is 12.4. The monoisotopic (exact) mass is 276 g/mol. The van der Waals surface area contributed by atoms with Crippen molar-refractivity contribution in [3.63, 3.8) is 0 Å². The highest BCUT2D eigenvalue weighted by atomic mass is 32.1. The first kappa shape index (κ1) is 13.9. The Labute approximate surface area is 118 Å². The number of nitrogens with one attached hydrogen (secondary N) is 1. The van der Waals surface area contributed by atoms with Crippen LogP contribution in [0.25, 0.3) is 0 Å². The minimum absolute atomic E-state index is 0.165. The van der Waals surface area contributed by atoms with E-state index < -0.39 is 0 Å². The SMILES string of the molecule is CC(C)Oc1csc(NCC(C)c2ccccc2)n1. The first-order chi connectivity index (χ1) is 9.15. The van der Waals surface area contributed by atoms with Crippen LogP contribution in [-0.4, -0.2) is 17.6 Å². The van der Waals surface area contributed by atoms with Gasteiger partial charge in [-0.15, -0.1) is 11.3 Å². The topological polar surface area (TPSA) is 34.1 Å². The van der Waals surface area contributed by atoms with Crippen molar-refractivity contribution in [3.05, 3.63) is 41.3 Å². The second-order valence-corrected chi connectivity index (χ2v) is 5.71. The number of anilines is 1. The summed E-state index contributed by atoms with van der Waals surface area (Å²) in [5.74, 6) is 1.16. The molecule has 1 N–H and O–H groups in total. The minimum atomic E-state index is 0.165. The Kier molecular flexibility index (Phi) is 4.80. The maximum atomic E-state index is 5.55. The van der Waals surface area contributed by atoms with Gasteiger partial charge in [-0.25, -0.2) is 0 Å². The number of hydrogen-bond acceptors (Lipinski definition) is 4. The van der Waals surface area contributed by atoms with E-state index in [2.05, 4.69) is 41.5 Å². The molecule has 1 unspecified atom stereocenters. The summed E-state index contributed by atoms with van der Waals surface area (Å²) in [6.45, 7) is 7.09. The molecule has 0 aliphatic rings. The predicted octanol–water partition coefficient (Wildman–Crippen LogP) is 4.15. The Morgan fingerprint density at radius 3 is 2.63 bits per heavy atom. The van der Waals surface area contributed by atoms with E-state index in [0.29, 0.717) is 11.8 Å². The maximum Gasteiger partial charge on any atom is 0.226 e. The van der Waals surface area contributed by atoms with Crippen LogP contribution in [0.3, 0.4) is 0 Å². The molecule has 0 spiro atoms. The van der Waals surface area contributed by atoms with Crippen LogP contribution in [0.2, 0.25) is 0 Å². The van der Waals surface area contributed by atoms with Crippen molar-refractivity contribution in [3.8, 4) is 5.88 Å². The van der Waals surface area contributed by atoms with Crippen LogP contribution < -0.4 is 10.1 Å². The van der Waals surface area contributed by atoms with E-state index in [1.54, 1.807) is 11.3 Å². The van der Waals surface area contributed by atoms with E-state index in [0.717, 1.165) is 11.7 Å². The average molecular weight is 276 g/mol. The molecule has 0 aliphatic carbocycles. The molecule has 102 valence electrons. The molecule has 0 radical (unpaired) electrons. The Morgan fingerprint density at radius 2 is 1.95 bits per heavy atom. The molecular weight excluding hydrogens is 256 g/mol. The van der Waals surface area contributed by atoms with Gasteiger partial charge < -0.3 is 10.1 Å². The fourth-order valence-corrected chi connectivity index (χ4v) is 2.41. The summed E-state index contributed by atoms with van der Waals surface area (Å²) in [5, 5.41) is 6.22. The quantitative estimate of drug-likeness (QED) is 0.860. The third kappa shape index (κ3) is 4.24. The van der Waals surface area contributed by atoms with Crippen LogP contribution in [0.1, 0.15) is 32.3 Å². The number of thiazole rings is 1. The van der Waals surface area contributed by atoms with Gasteiger partial charge in [-0.1, -0.05) is 37.3 Å². The summed E-state index contributed by atoms with van der Waals surface area (Å²) in [5.41, 5.74) is 1.34. The zero-order valence-corrected chi connectivity index (χ0v) is 12.4. The van der Waals surface area contributed by atoms with E-state index in [-0.39, 0.29) is 6.10 Å². The lowest BCUT2D eigenvalue weighted by Gasteiger charge is -2.12. The third-order valence-corrected chi connectivity index (χ3v) is 3.55. The highest BCUT2D eigenvalue weighted by Gasteiger charge is 2.07. The summed E-state index contributed by atoms with van der Waals surface area (Å²) in [7, 11) is 0. The molecule has 1 atom stereocenters. The van der Waals surface area contributed by atoms with Gasteiger partial charge in [-0.3, -0.25) is 0 Å². The number of hydrogen-bond donors (Lipinski definition) is 1. The van der Waals surface area contributed by atoms with E-state index in [1.165, 1.54) is 5.56 Å². The molecule has 4 heteroatoms. The summed E-state index contributed by atoms with van der Waals surface area (Å²) in [6, 6.07) is 10.5. The van der Waals surface area contributed by atoms with Crippen LogP contribution >= 0.6 is 11.3 Å². The number of rotatable bonds is 6.